The third-order valence-corrected chi connectivity index (χ3v) is 6.08. The molecule has 2 aliphatic rings. The largest absolute Gasteiger partial charge is 0.366 e. The maximum absolute atomic E-state index is 13.7. The van der Waals surface area contributed by atoms with E-state index in [0.29, 0.717) is 28.5 Å². The minimum atomic E-state index is -2.68. The number of carbonyl (C=O) groups is 4. The monoisotopic (exact) mass is 496 g/mol. The van der Waals surface area contributed by atoms with E-state index in [9.17, 15) is 29.4 Å². The molecule has 0 aromatic carbocycles. The molecule has 12 nitrogen and oxygen atoms in total. The molecule has 0 aromatic heterocycles. The van der Waals surface area contributed by atoms with Gasteiger partial charge >= 0.3 is 0 Å². The van der Waals surface area contributed by atoms with Crippen LogP contribution in [0.5, 0.6) is 0 Å². The summed E-state index contributed by atoms with van der Waals surface area (Å²) in [5.74, 6) is -7.92. The first-order valence-corrected chi connectivity index (χ1v) is 10.8. The Morgan fingerprint density at radius 2 is 1.25 bits per heavy atom. The van der Waals surface area contributed by atoms with E-state index in [0.717, 1.165) is 12.4 Å². The first-order chi connectivity index (χ1) is 16.8. The van der Waals surface area contributed by atoms with Crippen LogP contribution in [0.2, 0.25) is 0 Å². The molecule has 2 amide bonds. The van der Waals surface area contributed by atoms with Crippen LogP contribution in [0.1, 0.15) is 26.7 Å². The van der Waals surface area contributed by atoms with Crippen LogP contribution in [0.25, 0.3) is 0 Å². The number of aliphatic hydroxyl groups is 2. The summed E-state index contributed by atoms with van der Waals surface area (Å²) in [7, 11) is 0. The van der Waals surface area contributed by atoms with Gasteiger partial charge in [0.05, 0.1) is 11.8 Å². The van der Waals surface area contributed by atoms with Crippen LogP contribution in [-0.2, 0) is 19.2 Å². The molecule has 0 aromatic rings. The second-order valence-corrected chi connectivity index (χ2v) is 8.50. The summed E-state index contributed by atoms with van der Waals surface area (Å²) in [4.78, 5) is 49.7. The van der Waals surface area contributed by atoms with Gasteiger partial charge < -0.3 is 37.6 Å². The topological polar surface area (TPSA) is 233 Å². The lowest BCUT2D eigenvalue weighted by atomic mass is 9.75. The summed E-state index contributed by atoms with van der Waals surface area (Å²) >= 11 is 0. The van der Waals surface area contributed by atoms with Gasteiger partial charge in [0.1, 0.15) is 0 Å². The average Bonchev–Trinajstić information content (AvgIpc) is 2.84. The number of hydrogen-bond donors (Lipinski definition) is 7. The fourth-order valence-electron chi connectivity index (χ4n) is 4.32. The Bertz CT molecular complexity index is 1120. The van der Waals surface area contributed by atoms with Crippen molar-refractivity contribution in [1.29, 1.82) is 21.6 Å². The van der Waals surface area contributed by atoms with Gasteiger partial charge in [-0.1, -0.05) is 35.5 Å². The number of carbonyl (C=O) groups excluding carboxylic acids is 4. The van der Waals surface area contributed by atoms with Crippen molar-refractivity contribution in [1.82, 2.24) is 4.90 Å². The second-order valence-electron chi connectivity index (χ2n) is 8.50. The normalized spacial score (nSPS) is 27.3. The minimum absolute atomic E-state index is 0.252. The summed E-state index contributed by atoms with van der Waals surface area (Å²) in [6.45, 7) is 3.24. The van der Waals surface area contributed by atoms with Gasteiger partial charge in [0, 0.05) is 48.8 Å². The molecule has 4 unspecified atom stereocenters. The van der Waals surface area contributed by atoms with Crippen LogP contribution >= 0.6 is 0 Å². The van der Waals surface area contributed by atoms with Crippen LogP contribution in [-0.4, -0.2) is 74.8 Å². The first-order valence-electron chi connectivity index (χ1n) is 10.8. The molecule has 0 aliphatic heterocycles. The highest BCUT2D eigenvalue weighted by Gasteiger charge is 2.60. The predicted octanol–water partition coefficient (Wildman–Crippen LogP) is 0.199. The van der Waals surface area contributed by atoms with Gasteiger partial charge in [-0.15, -0.1) is 0 Å². The molecule has 8 N–H and O–H groups in total. The third-order valence-electron chi connectivity index (χ3n) is 6.08. The molecule has 190 valence electrons. The van der Waals surface area contributed by atoms with Gasteiger partial charge in [0.25, 0.3) is 11.8 Å². The number of rotatable bonds is 11. The number of allylic oxidation sites excluding steroid dienone is 4. The Labute approximate surface area is 206 Å². The highest BCUT2D eigenvalue weighted by molar-refractivity contribution is 6.39. The number of ketones is 2. The zero-order valence-corrected chi connectivity index (χ0v) is 19.7. The van der Waals surface area contributed by atoms with E-state index in [1.807, 2.05) is 0 Å². The standard InChI is InChI=1S/C24H28N6O6/c1-13-5-15(9-25)23(35,16(6-13)10-26)30(22(34)20(32)4-3-19(31)21(29)33)24(36)17(11-27)7-14(2)8-18(24)12-28/h5-12,15,17,25-28,35-36H,3-4H2,1-2H3,(H2,29,33). The van der Waals surface area contributed by atoms with Gasteiger partial charge in [-0.25, -0.2) is 0 Å². The van der Waals surface area contributed by atoms with E-state index < -0.39 is 59.5 Å². The summed E-state index contributed by atoms with van der Waals surface area (Å²) in [6, 6.07) is 0. The molecule has 36 heavy (non-hydrogen) atoms. The Kier molecular flexibility index (Phi) is 8.29. The van der Waals surface area contributed by atoms with Crippen LogP contribution < -0.4 is 5.73 Å². The number of nitrogens with one attached hydrogen (secondary N) is 4. The SMILES string of the molecule is CC1=CC(C=N)C(O)(N(C(=O)C(=O)CCC(=O)C(N)=O)C2(O)C(C=N)=CC(C)=CC2C=N)C(C=N)=C1. The number of nitrogens with two attached hydrogens (primary N) is 1. The Morgan fingerprint density at radius 3 is 1.58 bits per heavy atom. The van der Waals surface area contributed by atoms with Gasteiger partial charge in [-0.2, -0.15) is 0 Å². The van der Waals surface area contributed by atoms with Gasteiger partial charge in [-0.3, -0.25) is 24.1 Å². The summed E-state index contributed by atoms with van der Waals surface area (Å²) in [5, 5.41) is 55.5. The van der Waals surface area contributed by atoms with E-state index >= 15 is 0 Å². The molecule has 2 aliphatic carbocycles. The number of nitrogens with zero attached hydrogens (tertiary/aromatic N) is 1. The zero-order valence-electron chi connectivity index (χ0n) is 19.7. The summed E-state index contributed by atoms with van der Waals surface area (Å²) < 4.78 is 0. The van der Waals surface area contributed by atoms with Gasteiger partial charge in [0.2, 0.25) is 11.6 Å². The fraction of sp³-hybridized carbons (Fsp3) is 0.333. The average molecular weight is 497 g/mol. The summed E-state index contributed by atoms with van der Waals surface area (Å²) in [6.07, 6.45) is 6.89. The molecule has 0 saturated carbocycles. The quantitative estimate of drug-likeness (QED) is 0.120. The molecule has 0 bridgehead atoms. The van der Waals surface area contributed by atoms with E-state index in [1.165, 1.54) is 24.3 Å². The maximum Gasteiger partial charge on any atom is 0.295 e. The van der Waals surface area contributed by atoms with E-state index in [-0.39, 0.29) is 11.1 Å². The highest BCUT2D eigenvalue weighted by atomic mass is 16.4. The molecule has 0 radical (unpaired) electrons. The maximum atomic E-state index is 13.7. The van der Waals surface area contributed by atoms with E-state index in [4.69, 9.17) is 27.4 Å². The van der Waals surface area contributed by atoms with Crippen molar-refractivity contribution in [2.24, 2.45) is 17.6 Å². The van der Waals surface area contributed by atoms with Crippen molar-refractivity contribution in [3.8, 4) is 0 Å². The lowest BCUT2D eigenvalue weighted by Crippen LogP contribution is -2.71. The molecule has 0 spiro atoms. The second kappa shape index (κ2) is 10.6. The van der Waals surface area contributed by atoms with E-state index in [1.54, 1.807) is 13.8 Å². The first kappa shape index (κ1) is 28.1. The lowest BCUT2D eigenvalue weighted by Gasteiger charge is -2.54. The molecule has 2 rings (SSSR count). The molecule has 4 atom stereocenters. The van der Waals surface area contributed by atoms with Crippen molar-refractivity contribution < 1.29 is 29.4 Å². The van der Waals surface area contributed by atoms with Crippen molar-refractivity contribution in [2.75, 3.05) is 0 Å². The molecule has 12 heteroatoms. The smallest absolute Gasteiger partial charge is 0.295 e. The number of Topliss-reactive ketones (excluding diaryl/α,β-unsaturated/α-hetero) is 2. The predicted molar refractivity (Wildman–Crippen MR) is 131 cm³/mol. The van der Waals surface area contributed by atoms with Crippen LogP contribution in [0.15, 0.2) is 46.6 Å². The highest BCUT2D eigenvalue weighted by Crippen LogP contribution is 2.45. The minimum Gasteiger partial charge on any atom is -0.366 e. The fourth-order valence-corrected chi connectivity index (χ4v) is 4.32. The Morgan fingerprint density at radius 1 is 0.861 bits per heavy atom. The van der Waals surface area contributed by atoms with Crippen LogP contribution in [0.3, 0.4) is 0 Å². The summed E-state index contributed by atoms with van der Waals surface area (Å²) in [5.41, 5.74) is 0.0855. The lowest BCUT2D eigenvalue weighted by molar-refractivity contribution is -0.211. The van der Waals surface area contributed by atoms with E-state index in [2.05, 4.69) is 0 Å². The van der Waals surface area contributed by atoms with Gasteiger partial charge in [-0.05, 0) is 13.8 Å². The van der Waals surface area contributed by atoms with Crippen molar-refractivity contribution >= 4 is 48.2 Å². The number of hydrogen-bond acceptors (Lipinski definition) is 10. The van der Waals surface area contributed by atoms with Crippen molar-refractivity contribution in [3.63, 3.8) is 0 Å². The van der Waals surface area contributed by atoms with Gasteiger partial charge in [0.15, 0.2) is 11.4 Å². The third kappa shape index (κ3) is 4.68. The zero-order chi connectivity index (χ0) is 27.4. The number of amides is 2. The molecular weight excluding hydrogens is 468 g/mol. The van der Waals surface area contributed by atoms with Crippen LogP contribution in [0.4, 0.5) is 0 Å². The molecule has 0 heterocycles. The molecular formula is C24H28N6O6. The molecule has 0 fully saturated rings. The Balaban J connectivity index is 2.83. The molecule has 0 saturated heterocycles. The Hall–Kier alpha value is -4.16. The van der Waals surface area contributed by atoms with Crippen molar-refractivity contribution in [2.45, 2.75) is 38.1 Å². The van der Waals surface area contributed by atoms with Crippen molar-refractivity contribution in [3.05, 3.63) is 46.6 Å². The number of primary amides is 1. The van der Waals surface area contributed by atoms with Crippen LogP contribution in [0, 0.1) is 33.5 Å².